The summed E-state index contributed by atoms with van der Waals surface area (Å²) in [7, 11) is 0. The van der Waals surface area contributed by atoms with Crippen molar-refractivity contribution in [2.45, 2.75) is 26.3 Å². The minimum Gasteiger partial charge on any atom is -0.363 e. The second kappa shape index (κ2) is 6.76. The molecule has 24 heavy (non-hydrogen) atoms. The summed E-state index contributed by atoms with van der Waals surface area (Å²) in [6.07, 6.45) is -1.10. The summed E-state index contributed by atoms with van der Waals surface area (Å²) in [5, 5.41) is 4.21. The van der Waals surface area contributed by atoms with Crippen LogP contribution in [-0.2, 0) is 0 Å². The largest absolute Gasteiger partial charge is 0.363 e. The van der Waals surface area contributed by atoms with Gasteiger partial charge in [0.15, 0.2) is 0 Å². The maximum absolute atomic E-state index is 12.6. The van der Waals surface area contributed by atoms with Crippen molar-refractivity contribution in [3.63, 3.8) is 0 Å². The van der Waals surface area contributed by atoms with Gasteiger partial charge in [0, 0.05) is 16.1 Å². The molecule has 0 spiro atoms. The van der Waals surface area contributed by atoms with Gasteiger partial charge in [0.2, 0.25) is 0 Å². The Morgan fingerprint density at radius 2 is 1.92 bits per heavy atom. The summed E-state index contributed by atoms with van der Waals surface area (Å²) in [5.41, 5.74) is 1.42. The monoisotopic (exact) mass is 392 g/mol. The lowest BCUT2D eigenvalue weighted by Crippen LogP contribution is -2.10. The lowest BCUT2D eigenvalue weighted by atomic mass is 10.1. The highest BCUT2D eigenvalue weighted by Gasteiger charge is 2.13. The summed E-state index contributed by atoms with van der Waals surface area (Å²) in [5.74, 6) is 1.36. The standard InChI is InChI=1S/C17H15BrF2N4/c1-9(11-3-5-15(16(19)20)21-8-11)22-17-13-7-12(18)4-6-14(13)23-10(2)24-17/h3-9,16H,1-2H3,(H,22,23,24)/t9-/m1/s1. The Bertz CT molecular complexity index is 868. The van der Waals surface area contributed by atoms with Crippen LogP contribution < -0.4 is 5.32 Å². The molecule has 2 heterocycles. The van der Waals surface area contributed by atoms with Crippen LogP contribution in [0.2, 0.25) is 0 Å². The van der Waals surface area contributed by atoms with Crippen LogP contribution >= 0.6 is 15.9 Å². The maximum Gasteiger partial charge on any atom is 0.280 e. The van der Waals surface area contributed by atoms with E-state index in [1.54, 1.807) is 6.07 Å². The molecule has 3 rings (SSSR count). The van der Waals surface area contributed by atoms with Crippen molar-refractivity contribution in [3.05, 3.63) is 58.1 Å². The number of aromatic nitrogens is 3. The highest BCUT2D eigenvalue weighted by atomic mass is 79.9. The fraction of sp³-hybridized carbons (Fsp3) is 0.235. The molecular weight excluding hydrogens is 378 g/mol. The van der Waals surface area contributed by atoms with Gasteiger partial charge >= 0.3 is 0 Å². The third-order valence-electron chi connectivity index (χ3n) is 3.66. The summed E-state index contributed by atoms with van der Waals surface area (Å²) in [4.78, 5) is 12.7. The number of rotatable bonds is 4. The number of aryl methyl sites for hydroxylation is 1. The number of hydrogen-bond donors (Lipinski definition) is 1. The van der Waals surface area contributed by atoms with Crippen LogP contribution in [0.15, 0.2) is 41.0 Å². The van der Waals surface area contributed by atoms with E-state index < -0.39 is 6.43 Å². The average Bonchev–Trinajstić information content (AvgIpc) is 2.55. The van der Waals surface area contributed by atoms with Gasteiger partial charge < -0.3 is 5.32 Å². The van der Waals surface area contributed by atoms with Gasteiger partial charge in [-0.15, -0.1) is 0 Å². The molecule has 0 amide bonds. The van der Waals surface area contributed by atoms with E-state index in [1.807, 2.05) is 32.0 Å². The van der Waals surface area contributed by atoms with Crippen molar-refractivity contribution in [2.24, 2.45) is 0 Å². The van der Waals surface area contributed by atoms with Crippen LogP contribution in [0.3, 0.4) is 0 Å². The fourth-order valence-electron chi connectivity index (χ4n) is 2.42. The van der Waals surface area contributed by atoms with Crippen LogP contribution in [0.1, 0.15) is 36.5 Å². The predicted molar refractivity (Wildman–Crippen MR) is 93.2 cm³/mol. The Morgan fingerprint density at radius 1 is 1.12 bits per heavy atom. The molecule has 0 unspecified atom stereocenters. The van der Waals surface area contributed by atoms with E-state index in [4.69, 9.17) is 0 Å². The van der Waals surface area contributed by atoms with E-state index in [1.165, 1.54) is 12.3 Å². The SMILES string of the molecule is Cc1nc(N[C@H](C)c2ccc(C(F)F)nc2)c2cc(Br)ccc2n1. The van der Waals surface area contributed by atoms with E-state index in [0.717, 1.165) is 20.9 Å². The Morgan fingerprint density at radius 3 is 2.58 bits per heavy atom. The molecule has 1 aromatic carbocycles. The summed E-state index contributed by atoms with van der Waals surface area (Å²) in [6.45, 7) is 3.76. The van der Waals surface area contributed by atoms with Crippen LogP contribution in [0.5, 0.6) is 0 Å². The minimum atomic E-state index is -2.56. The van der Waals surface area contributed by atoms with Gasteiger partial charge in [-0.05, 0) is 43.7 Å². The number of alkyl halides is 2. The second-order valence-corrected chi connectivity index (χ2v) is 6.38. The smallest absolute Gasteiger partial charge is 0.280 e. The molecule has 1 N–H and O–H groups in total. The number of hydrogen-bond acceptors (Lipinski definition) is 4. The van der Waals surface area contributed by atoms with Crippen molar-refractivity contribution < 1.29 is 8.78 Å². The predicted octanol–water partition coefficient (Wildman–Crippen LogP) is 5.21. The van der Waals surface area contributed by atoms with E-state index in [-0.39, 0.29) is 11.7 Å². The molecule has 2 aromatic heterocycles. The molecule has 0 aliphatic carbocycles. The molecule has 4 nitrogen and oxygen atoms in total. The fourth-order valence-corrected chi connectivity index (χ4v) is 2.78. The van der Waals surface area contributed by atoms with Crippen LogP contribution in [0.4, 0.5) is 14.6 Å². The topological polar surface area (TPSA) is 50.7 Å². The first kappa shape index (κ1) is 16.7. The lowest BCUT2D eigenvalue weighted by Gasteiger charge is -2.17. The number of benzene rings is 1. The zero-order valence-electron chi connectivity index (χ0n) is 13.1. The highest BCUT2D eigenvalue weighted by Crippen LogP contribution is 2.27. The van der Waals surface area contributed by atoms with Gasteiger partial charge in [-0.25, -0.2) is 18.7 Å². The number of halogens is 3. The lowest BCUT2D eigenvalue weighted by molar-refractivity contribution is 0.146. The number of nitrogens with one attached hydrogen (secondary N) is 1. The number of pyridine rings is 1. The molecule has 1 atom stereocenters. The van der Waals surface area contributed by atoms with Crippen LogP contribution in [0.25, 0.3) is 10.9 Å². The van der Waals surface area contributed by atoms with Crippen molar-refractivity contribution in [1.82, 2.24) is 15.0 Å². The normalized spacial score (nSPS) is 12.6. The molecule has 124 valence electrons. The minimum absolute atomic E-state index is 0.138. The van der Waals surface area contributed by atoms with E-state index in [0.29, 0.717) is 11.6 Å². The molecule has 0 radical (unpaired) electrons. The van der Waals surface area contributed by atoms with Gasteiger partial charge in [-0.2, -0.15) is 0 Å². The maximum atomic E-state index is 12.6. The van der Waals surface area contributed by atoms with E-state index in [9.17, 15) is 8.78 Å². The van der Waals surface area contributed by atoms with Crippen molar-refractivity contribution in [2.75, 3.05) is 5.32 Å². The van der Waals surface area contributed by atoms with Crippen LogP contribution in [-0.4, -0.2) is 15.0 Å². The molecule has 0 bridgehead atoms. The van der Waals surface area contributed by atoms with E-state index in [2.05, 4.69) is 36.2 Å². The van der Waals surface area contributed by atoms with Gasteiger partial charge in [0.05, 0.1) is 11.6 Å². The first-order chi connectivity index (χ1) is 11.4. The summed E-state index contributed by atoms with van der Waals surface area (Å²) >= 11 is 3.45. The molecule has 7 heteroatoms. The first-order valence-electron chi connectivity index (χ1n) is 7.38. The Labute approximate surface area is 146 Å². The molecule has 0 saturated heterocycles. The van der Waals surface area contributed by atoms with Crippen molar-refractivity contribution >= 4 is 32.7 Å². The number of nitrogens with zero attached hydrogens (tertiary/aromatic N) is 3. The number of fused-ring (bicyclic) bond motifs is 1. The number of anilines is 1. The first-order valence-corrected chi connectivity index (χ1v) is 8.18. The zero-order chi connectivity index (χ0) is 17.3. The second-order valence-electron chi connectivity index (χ2n) is 5.46. The van der Waals surface area contributed by atoms with Crippen molar-refractivity contribution in [1.29, 1.82) is 0 Å². The summed E-state index contributed by atoms with van der Waals surface area (Å²) in [6, 6.07) is 8.65. The quantitative estimate of drug-likeness (QED) is 0.662. The van der Waals surface area contributed by atoms with Gasteiger partial charge in [0.1, 0.15) is 17.3 Å². The molecular formula is C17H15BrF2N4. The molecule has 0 aliphatic heterocycles. The van der Waals surface area contributed by atoms with E-state index >= 15 is 0 Å². The Balaban J connectivity index is 1.92. The third kappa shape index (κ3) is 3.51. The Hall–Kier alpha value is -2.15. The zero-order valence-corrected chi connectivity index (χ0v) is 14.7. The molecule has 0 aliphatic rings. The van der Waals surface area contributed by atoms with Crippen LogP contribution in [0, 0.1) is 6.92 Å². The molecule has 3 aromatic rings. The third-order valence-corrected chi connectivity index (χ3v) is 4.15. The molecule has 0 saturated carbocycles. The van der Waals surface area contributed by atoms with Gasteiger partial charge in [0.25, 0.3) is 6.43 Å². The highest BCUT2D eigenvalue weighted by molar-refractivity contribution is 9.10. The van der Waals surface area contributed by atoms with Gasteiger partial charge in [-0.1, -0.05) is 22.0 Å². The Kier molecular flexibility index (Phi) is 4.71. The molecule has 0 fully saturated rings. The van der Waals surface area contributed by atoms with Crippen molar-refractivity contribution in [3.8, 4) is 0 Å². The summed E-state index contributed by atoms with van der Waals surface area (Å²) < 4.78 is 26.1. The van der Waals surface area contributed by atoms with Gasteiger partial charge in [-0.3, -0.25) is 4.98 Å². The average molecular weight is 393 g/mol.